The Bertz CT molecular complexity index is 262. The van der Waals surface area contributed by atoms with E-state index in [-0.39, 0.29) is 19.3 Å². The summed E-state index contributed by atoms with van der Waals surface area (Å²) in [6.07, 6.45) is 0.322. The lowest BCUT2D eigenvalue weighted by atomic mass is 9.78. The molecule has 82 valence electrons. The highest BCUT2D eigenvalue weighted by atomic mass is 16.6. The zero-order valence-electron chi connectivity index (χ0n) is 9.94. The van der Waals surface area contributed by atoms with Crippen LogP contribution in [-0.4, -0.2) is 19.3 Å². The normalized spacial score (nSPS) is 11.1. The smallest absolute Gasteiger partial charge is 0.405 e. The van der Waals surface area contributed by atoms with E-state index in [9.17, 15) is 0 Å². The first-order chi connectivity index (χ1) is 7.09. The molecule has 0 unspecified atom stereocenters. The topological polar surface area (TPSA) is 18.5 Å². The Morgan fingerprint density at radius 3 is 1.73 bits per heavy atom. The van der Waals surface area contributed by atoms with Crippen LogP contribution < -0.4 is 5.46 Å². The Morgan fingerprint density at radius 1 is 0.867 bits per heavy atom. The van der Waals surface area contributed by atoms with Gasteiger partial charge < -0.3 is 9.31 Å². The maximum Gasteiger partial charge on any atom is 0.494 e. The summed E-state index contributed by atoms with van der Waals surface area (Å²) >= 11 is 0. The molecule has 0 heterocycles. The zero-order chi connectivity index (χ0) is 11.3. The van der Waals surface area contributed by atoms with Crippen molar-refractivity contribution in [3.05, 3.63) is 30.3 Å². The van der Waals surface area contributed by atoms with Crippen LogP contribution in [0.1, 0.15) is 27.7 Å². The van der Waals surface area contributed by atoms with Crippen LogP contribution in [0.15, 0.2) is 30.3 Å². The fourth-order valence-electron chi connectivity index (χ4n) is 1.29. The summed E-state index contributed by atoms with van der Waals surface area (Å²) in [7, 11) is -0.258. The van der Waals surface area contributed by atoms with Crippen molar-refractivity contribution in [2.24, 2.45) is 0 Å². The predicted molar refractivity (Wildman–Crippen MR) is 64.3 cm³/mol. The monoisotopic (exact) mass is 206 g/mol. The zero-order valence-corrected chi connectivity index (χ0v) is 9.94. The summed E-state index contributed by atoms with van der Waals surface area (Å²) in [6.45, 7) is 8.05. The first-order valence-corrected chi connectivity index (χ1v) is 5.45. The van der Waals surface area contributed by atoms with E-state index >= 15 is 0 Å². The number of benzene rings is 1. The van der Waals surface area contributed by atoms with E-state index in [1.165, 1.54) is 0 Å². The largest absolute Gasteiger partial charge is 0.494 e. The second kappa shape index (κ2) is 5.94. The molecule has 0 aromatic heterocycles. The van der Waals surface area contributed by atoms with Gasteiger partial charge in [-0.05, 0) is 33.2 Å². The molecular weight excluding hydrogens is 187 g/mol. The summed E-state index contributed by atoms with van der Waals surface area (Å²) in [5, 5.41) is 0. The van der Waals surface area contributed by atoms with Crippen molar-refractivity contribution < 1.29 is 9.31 Å². The lowest BCUT2D eigenvalue weighted by Crippen LogP contribution is -2.40. The average Bonchev–Trinajstić information content (AvgIpc) is 2.17. The standard InChI is InChI=1S/C12H19BO2/c1-10(2)14-13(15-11(3)4)12-8-6-5-7-9-12/h5-11H,1-4H3. The number of hydrogen-bond donors (Lipinski definition) is 0. The van der Waals surface area contributed by atoms with Gasteiger partial charge in [0, 0.05) is 12.2 Å². The van der Waals surface area contributed by atoms with Crippen LogP contribution in [0.2, 0.25) is 0 Å². The Labute approximate surface area is 92.7 Å². The molecular formula is C12H19BO2. The molecule has 15 heavy (non-hydrogen) atoms. The summed E-state index contributed by atoms with van der Waals surface area (Å²) in [5.41, 5.74) is 1.07. The molecule has 1 rings (SSSR count). The van der Waals surface area contributed by atoms with Crippen LogP contribution in [0.3, 0.4) is 0 Å². The van der Waals surface area contributed by atoms with E-state index < -0.39 is 0 Å². The first-order valence-electron chi connectivity index (χ1n) is 5.45. The summed E-state index contributed by atoms with van der Waals surface area (Å²) in [5.74, 6) is 0. The maximum atomic E-state index is 5.72. The van der Waals surface area contributed by atoms with Crippen LogP contribution in [-0.2, 0) is 9.31 Å². The Balaban J connectivity index is 2.72. The van der Waals surface area contributed by atoms with Crippen LogP contribution >= 0.6 is 0 Å². The fourth-order valence-corrected chi connectivity index (χ4v) is 1.29. The Hall–Kier alpha value is -0.795. The van der Waals surface area contributed by atoms with Crippen molar-refractivity contribution >= 4 is 12.6 Å². The average molecular weight is 206 g/mol. The van der Waals surface area contributed by atoms with Crippen molar-refractivity contribution in [2.75, 3.05) is 0 Å². The van der Waals surface area contributed by atoms with E-state index in [1.54, 1.807) is 0 Å². The van der Waals surface area contributed by atoms with Gasteiger partial charge in [0.1, 0.15) is 0 Å². The third kappa shape index (κ3) is 4.49. The van der Waals surface area contributed by atoms with Crippen LogP contribution in [0.25, 0.3) is 0 Å². The van der Waals surface area contributed by atoms with E-state index in [0.717, 1.165) is 5.46 Å². The number of hydrogen-bond acceptors (Lipinski definition) is 2. The molecule has 2 nitrogen and oxygen atoms in total. The van der Waals surface area contributed by atoms with Gasteiger partial charge in [-0.2, -0.15) is 0 Å². The Morgan fingerprint density at radius 2 is 1.33 bits per heavy atom. The third-order valence-corrected chi connectivity index (χ3v) is 1.86. The summed E-state index contributed by atoms with van der Waals surface area (Å²) in [6, 6.07) is 10.0. The molecule has 0 aliphatic carbocycles. The van der Waals surface area contributed by atoms with Gasteiger partial charge in [-0.25, -0.2) is 0 Å². The SMILES string of the molecule is CC(C)OB(OC(C)C)c1ccccc1. The molecule has 0 bridgehead atoms. The Kier molecular flexibility index (Phi) is 4.86. The second-order valence-electron chi connectivity index (χ2n) is 4.11. The van der Waals surface area contributed by atoms with Crippen molar-refractivity contribution in [1.82, 2.24) is 0 Å². The van der Waals surface area contributed by atoms with E-state index in [4.69, 9.17) is 9.31 Å². The highest BCUT2D eigenvalue weighted by Crippen LogP contribution is 2.01. The van der Waals surface area contributed by atoms with Crippen LogP contribution in [0, 0.1) is 0 Å². The van der Waals surface area contributed by atoms with Crippen LogP contribution in [0.5, 0.6) is 0 Å². The first kappa shape index (κ1) is 12.3. The van der Waals surface area contributed by atoms with Gasteiger partial charge in [0.15, 0.2) is 0 Å². The third-order valence-electron chi connectivity index (χ3n) is 1.86. The van der Waals surface area contributed by atoms with Gasteiger partial charge in [-0.15, -0.1) is 0 Å². The molecule has 0 spiro atoms. The molecule has 0 N–H and O–H groups in total. The molecule has 0 radical (unpaired) electrons. The molecule has 0 saturated carbocycles. The fraction of sp³-hybridized carbons (Fsp3) is 0.500. The molecule has 0 aliphatic rings. The van der Waals surface area contributed by atoms with Crippen molar-refractivity contribution in [3.63, 3.8) is 0 Å². The highest BCUT2D eigenvalue weighted by molar-refractivity contribution is 6.61. The van der Waals surface area contributed by atoms with Gasteiger partial charge in [0.25, 0.3) is 0 Å². The highest BCUT2D eigenvalue weighted by Gasteiger charge is 2.23. The van der Waals surface area contributed by atoms with Gasteiger partial charge in [0.2, 0.25) is 0 Å². The van der Waals surface area contributed by atoms with Crippen molar-refractivity contribution in [3.8, 4) is 0 Å². The molecule has 3 heteroatoms. The number of rotatable bonds is 5. The minimum atomic E-state index is -0.258. The van der Waals surface area contributed by atoms with Crippen molar-refractivity contribution in [1.29, 1.82) is 0 Å². The van der Waals surface area contributed by atoms with E-state index in [0.29, 0.717) is 0 Å². The quantitative estimate of drug-likeness (QED) is 0.687. The lowest BCUT2D eigenvalue weighted by Gasteiger charge is -2.19. The summed E-state index contributed by atoms with van der Waals surface area (Å²) in [4.78, 5) is 0. The minimum absolute atomic E-state index is 0.161. The molecule has 0 amide bonds. The molecule has 1 aromatic rings. The van der Waals surface area contributed by atoms with Gasteiger partial charge in [0.05, 0.1) is 0 Å². The molecule has 0 fully saturated rings. The molecule has 0 saturated heterocycles. The van der Waals surface area contributed by atoms with Crippen molar-refractivity contribution in [2.45, 2.75) is 39.9 Å². The van der Waals surface area contributed by atoms with E-state index in [1.807, 2.05) is 58.0 Å². The molecule has 0 aliphatic heterocycles. The predicted octanol–water partition coefficient (Wildman–Crippen LogP) is 2.23. The van der Waals surface area contributed by atoms with Gasteiger partial charge in [-0.1, -0.05) is 30.3 Å². The maximum absolute atomic E-state index is 5.72. The van der Waals surface area contributed by atoms with E-state index in [2.05, 4.69) is 0 Å². The minimum Gasteiger partial charge on any atom is -0.405 e. The second-order valence-corrected chi connectivity index (χ2v) is 4.11. The summed E-state index contributed by atoms with van der Waals surface area (Å²) < 4.78 is 11.4. The van der Waals surface area contributed by atoms with Crippen LogP contribution in [0.4, 0.5) is 0 Å². The molecule has 0 atom stereocenters. The lowest BCUT2D eigenvalue weighted by molar-refractivity contribution is 0.139. The van der Waals surface area contributed by atoms with Gasteiger partial charge >= 0.3 is 7.12 Å². The molecule has 1 aromatic carbocycles. The van der Waals surface area contributed by atoms with Gasteiger partial charge in [-0.3, -0.25) is 0 Å².